The molecule has 2 heterocycles. The van der Waals surface area contributed by atoms with Crippen molar-refractivity contribution in [2.75, 3.05) is 25.5 Å². The quantitative estimate of drug-likeness (QED) is 0.792. The van der Waals surface area contributed by atoms with Crippen molar-refractivity contribution >= 4 is 11.6 Å². The lowest BCUT2D eigenvalue weighted by Crippen LogP contribution is -2.40. The number of likely N-dealkylation sites (tertiary alicyclic amines) is 1. The highest BCUT2D eigenvalue weighted by Crippen LogP contribution is 2.18. The van der Waals surface area contributed by atoms with Crippen LogP contribution < -0.4 is 5.32 Å². The van der Waals surface area contributed by atoms with E-state index in [-0.39, 0.29) is 12.0 Å². The second-order valence-corrected chi connectivity index (χ2v) is 4.19. The molecule has 1 saturated heterocycles. The molecule has 2 N–H and O–H groups in total. The van der Waals surface area contributed by atoms with Crippen LogP contribution in [0.1, 0.15) is 23.2 Å². The maximum atomic E-state index is 12.3. The third kappa shape index (κ3) is 2.55. The van der Waals surface area contributed by atoms with Gasteiger partial charge in [0.2, 0.25) is 0 Å². The number of piperidine rings is 1. The van der Waals surface area contributed by atoms with Gasteiger partial charge in [0.1, 0.15) is 0 Å². The summed E-state index contributed by atoms with van der Waals surface area (Å²) in [4.78, 5) is 18.0. The lowest BCUT2D eigenvalue weighted by atomic mass is 10.1. The Labute approximate surface area is 100 Å². The Morgan fingerprint density at radius 2 is 2.24 bits per heavy atom. The van der Waals surface area contributed by atoms with Gasteiger partial charge in [0.15, 0.2) is 0 Å². The van der Waals surface area contributed by atoms with Gasteiger partial charge in [0.05, 0.1) is 11.7 Å². The van der Waals surface area contributed by atoms with Crippen LogP contribution >= 0.6 is 0 Å². The predicted octanol–water partition coefficient (Wildman–Crippen LogP) is 0.720. The maximum absolute atomic E-state index is 12.3. The number of pyridine rings is 1. The fourth-order valence-electron chi connectivity index (χ4n) is 2.02. The fraction of sp³-hybridized carbons (Fsp3) is 0.500. The van der Waals surface area contributed by atoms with Gasteiger partial charge in [-0.1, -0.05) is 0 Å². The van der Waals surface area contributed by atoms with E-state index in [1.807, 2.05) is 0 Å². The van der Waals surface area contributed by atoms with Gasteiger partial charge < -0.3 is 15.3 Å². The molecule has 0 aliphatic carbocycles. The van der Waals surface area contributed by atoms with E-state index in [0.717, 1.165) is 5.69 Å². The fourth-order valence-corrected chi connectivity index (χ4v) is 2.02. The number of carbonyl (C=O) groups is 1. The standard InChI is InChI=1S/C12H17N3O2/c1-13-11-2-5-14-8-10(11)12(17)15-6-3-9(16)4-7-15/h2,5,8-9,16H,3-4,6-7H2,1H3,(H,13,14). The molecule has 0 saturated carbocycles. The zero-order valence-corrected chi connectivity index (χ0v) is 9.89. The van der Waals surface area contributed by atoms with E-state index in [1.165, 1.54) is 0 Å². The number of nitrogens with zero attached hydrogens (tertiary/aromatic N) is 2. The minimum absolute atomic E-state index is 0.0191. The van der Waals surface area contributed by atoms with Gasteiger partial charge in [-0.25, -0.2) is 0 Å². The molecule has 2 rings (SSSR count). The van der Waals surface area contributed by atoms with Crippen molar-refractivity contribution in [1.82, 2.24) is 9.88 Å². The Kier molecular flexibility index (Phi) is 3.58. The minimum atomic E-state index is -0.267. The average Bonchev–Trinajstić information content (AvgIpc) is 2.39. The lowest BCUT2D eigenvalue weighted by Gasteiger charge is -2.30. The summed E-state index contributed by atoms with van der Waals surface area (Å²) in [6, 6.07) is 1.78. The molecule has 1 aliphatic heterocycles. The minimum Gasteiger partial charge on any atom is -0.393 e. The van der Waals surface area contributed by atoms with Gasteiger partial charge in [0.25, 0.3) is 5.91 Å². The van der Waals surface area contributed by atoms with Crippen LogP contribution in [0.3, 0.4) is 0 Å². The van der Waals surface area contributed by atoms with Crippen LogP contribution in [-0.4, -0.2) is 47.1 Å². The molecule has 1 fully saturated rings. The molecule has 0 atom stereocenters. The van der Waals surface area contributed by atoms with Crippen molar-refractivity contribution in [3.8, 4) is 0 Å². The summed E-state index contributed by atoms with van der Waals surface area (Å²) < 4.78 is 0. The normalized spacial score (nSPS) is 16.9. The van der Waals surface area contributed by atoms with Gasteiger partial charge in [-0.2, -0.15) is 0 Å². The monoisotopic (exact) mass is 235 g/mol. The van der Waals surface area contributed by atoms with Crippen LogP contribution in [0.25, 0.3) is 0 Å². The highest BCUT2D eigenvalue weighted by molar-refractivity contribution is 5.99. The van der Waals surface area contributed by atoms with Gasteiger partial charge in [-0.15, -0.1) is 0 Å². The number of amides is 1. The summed E-state index contributed by atoms with van der Waals surface area (Å²) in [5.41, 5.74) is 1.38. The van der Waals surface area contributed by atoms with E-state index in [9.17, 15) is 9.90 Å². The Hall–Kier alpha value is -1.62. The highest BCUT2D eigenvalue weighted by Gasteiger charge is 2.23. The van der Waals surface area contributed by atoms with E-state index in [1.54, 1.807) is 30.4 Å². The Balaban J connectivity index is 2.14. The molecule has 1 aliphatic rings. The number of carbonyl (C=O) groups excluding carboxylic acids is 1. The largest absolute Gasteiger partial charge is 0.393 e. The zero-order chi connectivity index (χ0) is 12.3. The van der Waals surface area contributed by atoms with Crippen LogP contribution in [0, 0.1) is 0 Å². The van der Waals surface area contributed by atoms with Crippen LogP contribution in [0.2, 0.25) is 0 Å². The first-order valence-electron chi connectivity index (χ1n) is 5.81. The van der Waals surface area contributed by atoms with Crippen LogP contribution in [-0.2, 0) is 0 Å². The number of aliphatic hydroxyl groups excluding tert-OH is 1. The SMILES string of the molecule is CNc1ccncc1C(=O)N1CCC(O)CC1. The Morgan fingerprint density at radius 1 is 1.53 bits per heavy atom. The van der Waals surface area contributed by atoms with E-state index in [0.29, 0.717) is 31.5 Å². The molecule has 1 aromatic rings. The summed E-state index contributed by atoms with van der Waals surface area (Å²) in [6.07, 6.45) is 4.28. The molecular formula is C12H17N3O2. The van der Waals surface area contributed by atoms with E-state index < -0.39 is 0 Å². The third-order valence-electron chi connectivity index (χ3n) is 3.07. The molecule has 0 aromatic carbocycles. The molecule has 0 unspecified atom stereocenters. The molecule has 92 valence electrons. The number of aliphatic hydroxyl groups is 1. The lowest BCUT2D eigenvalue weighted by molar-refractivity contribution is 0.0547. The molecule has 1 amide bonds. The van der Waals surface area contributed by atoms with Crippen LogP contribution in [0.15, 0.2) is 18.5 Å². The molecule has 17 heavy (non-hydrogen) atoms. The first-order chi connectivity index (χ1) is 8.22. The van der Waals surface area contributed by atoms with Crippen molar-refractivity contribution in [1.29, 1.82) is 0 Å². The zero-order valence-electron chi connectivity index (χ0n) is 9.89. The molecule has 1 aromatic heterocycles. The van der Waals surface area contributed by atoms with E-state index in [2.05, 4.69) is 10.3 Å². The number of hydrogen-bond acceptors (Lipinski definition) is 4. The Morgan fingerprint density at radius 3 is 2.88 bits per heavy atom. The number of rotatable bonds is 2. The summed E-state index contributed by atoms with van der Waals surface area (Å²) >= 11 is 0. The van der Waals surface area contributed by atoms with Gasteiger partial charge in [-0.05, 0) is 18.9 Å². The van der Waals surface area contributed by atoms with E-state index in [4.69, 9.17) is 0 Å². The second-order valence-electron chi connectivity index (χ2n) is 4.19. The van der Waals surface area contributed by atoms with Crippen molar-refractivity contribution < 1.29 is 9.90 Å². The van der Waals surface area contributed by atoms with Crippen molar-refractivity contribution in [2.24, 2.45) is 0 Å². The van der Waals surface area contributed by atoms with Crippen LogP contribution in [0.5, 0.6) is 0 Å². The maximum Gasteiger partial charge on any atom is 0.257 e. The number of nitrogens with one attached hydrogen (secondary N) is 1. The van der Waals surface area contributed by atoms with Crippen molar-refractivity contribution in [3.05, 3.63) is 24.0 Å². The number of anilines is 1. The molecule has 0 spiro atoms. The molecular weight excluding hydrogens is 218 g/mol. The third-order valence-corrected chi connectivity index (χ3v) is 3.07. The Bertz CT molecular complexity index is 400. The van der Waals surface area contributed by atoms with Gasteiger partial charge in [0, 0.05) is 38.2 Å². The number of hydrogen-bond donors (Lipinski definition) is 2. The predicted molar refractivity (Wildman–Crippen MR) is 64.9 cm³/mol. The summed E-state index contributed by atoms with van der Waals surface area (Å²) in [7, 11) is 1.78. The van der Waals surface area contributed by atoms with Crippen molar-refractivity contribution in [3.63, 3.8) is 0 Å². The first kappa shape index (κ1) is 11.9. The highest BCUT2D eigenvalue weighted by atomic mass is 16.3. The summed E-state index contributed by atoms with van der Waals surface area (Å²) in [5, 5.41) is 12.4. The molecule has 0 bridgehead atoms. The topological polar surface area (TPSA) is 65.5 Å². The van der Waals surface area contributed by atoms with Crippen molar-refractivity contribution in [2.45, 2.75) is 18.9 Å². The molecule has 5 heteroatoms. The number of aromatic nitrogens is 1. The molecule has 0 radical (unpaired) electrons. The smallest absolute Gasteiger partial charge is 0.257 e. The summed E-state index contributed by atoms with van der Waals surface area (Å²) in [5.74, 6) is -0.0191. The van der Waals surface area contributed by atoms with Gasteiger partial charge in [-0.3, -0.25) is 9.78 Å². The first-order valence-corrected chi connectivity index (χ1v) is 5.81. The summed E-state index contributed by atoms with van der Waals surface area (Å²) in [6.45, 7) is 1.22. The van der Waals surface area contributed by atoms with Crippen LogP contribution in [0.4, 0.5) is 5.69 Å². The second kappa shape index (κ2) is 5.14. The molecule has 5 nitrogen and oxygen atoms in total. The van der Waals surface area contributed by atoms with E-state index >= 15 is 0 Å². The van der Waals surface area contributed by atoms with Gasteiger partial charge >= 0.3 is 0 Å². The average molecular weight is 235 g/mol.